The molecule has 1 aromatic heterocycles. The van der Waals surface area contributed by atoms with Gasteiger partial charge in [-0.3, -0.25) is 25.3 Å². The largest absolute Gasteiger partial charge is 0.345 e. The van der Waals surface area contributed by atoms with Crippen molar-refractivity contribution in [2.24, 2.45) is 7.05 Å². The number of halogens is 1. The van der Waals surface area contributed by atoms with Crippen molar-refractivity contribution in [3.8, 4) is 0 Å². The number of carbonyl (C=O) groups is 2. The van der Waals surface area contributed by atoms with Crippen LogP contribution in [0.4, 0.5) is 0 Å². The van der Waals surface area contributed by atoms with Crippen LogP contribution < -0.4 is 10.9 Å². The standard InChI is InChI=1S/C18H21BrN4O4S/c1-22-12-14(19)11-15(22)17(24)20-21-18(25)16(13-5-3-2-4-6-13)23-7-9-28(26,27)10-8-23/h2-6,11-12,16H,7-10H2,1H3,(H,20,24)(H,21,25). The van der Waals surface area contributed by atoms with Crippen LogP contribution in [0.3, 0.4) is 0 Å². The zero-order valence-corrected chi connectivity index (χ0v) is 17.7. The van der Waals surface area contributed by atoms with Gasteiger partial charge in [0, 0.05) is 30.8 Å². The van der Waals surface area contributed by atoms with Gasteiger partial charge in [-0.15, -0.1) is 0 Å². The lowest BCUT2D eigenvalue weighted by molar-refractivity contribution is -0.127. The van der Waals surface area contributed by atoms with Crippen LogP contribution in [0.25, 0.3) is 0 Å². The molecule has 1 unspecified atom stereocenters. The van der Waals surface area contributed by atoms with E-state index < -0.39 is 27.7 Å². The Morgan fingerprint density at radius 2 is 1.75 bits per heavy atom. The van der Waals surface area contributed by atoms with E-state index in [1.807, 2.05) is 35.2 Å². The molecule has 0 spiro atoms. The minimum absolute atomic E-state index is 0.00729. The third kappa shape index (κ3) is 4.81. The van der Waals surface area contributed by atoms with Gasteiger partial charge in [0.05, 0.1) is 11.5 Å². The van der Waals surface area contributed by atoms with E-state index in [1.165, 1.54) is 0 Å². The molecule has 1 aliphatic rings. The van der Waals surface area contributed by atoms with Crippen molar-refractivity contribution in [2.75, 3.05) is 24.6 Å². The first-order chi connectivity index (χ1) is 13.3. The third-order valence-electron chi connectivity index (χ3n) is 4.61. The third-order valence-corrected chi connectivity index (χ3v) is 6.65. The molecule has 0 aliphatic carbocycles. The minimum atomic E-state index is -3.07. The second kappa shape index (κ2) is 8.46. The van der Waals surface area contributed by atoms with Gasteiger partial charge in [-0.2, -0.15) is 0 Å². The Morgan fingerprint density at radius 1 is 1.11 bits per heavy atom. The van der Waals surface area contributed by atoms with E-state index in [1.54, 1.807) is 23.9 Å². The molecule has 3 rings (SSSR count). The highest BCUT2D eigenvalue weighted by Gasteiger charge is 2.32. The Balaban J connectivity index is 1.74. The summed E-state index contributed by atoms with van der Waals surface area (Å²) < 4.78 is 25.9. The molecule has 1 atom stereocenters. The summed E-state index contributed by atoms with van der Waals surface area (Å²) in [7, 11) is -1.35. The van der Waals surface area contributed by atoms with E-state index in [0.717, 1.165) is 10.0 Å². The van der Waals surface area contributed by atoms with Crippen LogP contribution in [0.2, 0.25) is 0 Å². The number of aryl methyl sites for hydroxylation is 1. The zero-order chi connectivity index (χ0) is 20.3. The van der Waals surface area contributed by atoms with Gasteiger partial charge in [0.25, 0.3) is 11.8 Å². The first kappa shape index (κ1) is 20.6. The number of carbonyl (C=O) groups excluding carboxylic acids is 2. The summed E-state index contributed by atoms with van der Waals surface area (Å²) in [4.78, 5) is 27.1. The molecule has 0 bridgehead atoms. The van der Waals surface area contributed by atoms with Crippen molar-refractivity contribution in [1.29, 1.82) is 0 Å². The molecule has 10 heteroatoms. The van der Waals surface area contributed by atoms with Crippen LogP contribution in [-0.4, -0.2) is 54.3 Å². The Morgan fingerprint density at radius 3 is 2.32 bits per heavy atom. The summed E-state index contributed by atoms with van der Waals surface area (Å²) in [5.41, 5.74) is 6.02. The minimum Gasteiger partial charge on any atom is -0.345 e. The van der Waals surface area contributed by atoms with Gasteiger partial charge < -0.3 is 4.57 Å². The molecule has 2 aromatic rings. The lowest BCUT2D eigenvalue weighted by atomic mass is 10.0. The lowest BCUT2D eigenvalue weighted by Crippen LogP contribution is -2.51. The van der Waals surface area contributed by atoms with Gasteiger partial charge in [-0.1, -0.05) is 30.3 Å². The van der Waals surface area contributed by atoms with Gasteiger partial charge in [-0.05, 0) is 27.6 Å². The monoisotopic (exact) mass is 468 g/mol. The maximum absolute atomic E-state index is 12.9. The molecule has 2 heterocycles. The lowest BCUT2D eigenvalue weighted by Gasteiger charge is -2.33. The molecule has 2 N–H and O–H groups in total. The van der Waals surface area contributed by atoms with Crippen molar-refractivity contribution in [1.82, 2.24) is 20.3 Å². The molecule has 28 heavy (non-hydrogen) atoms. The molecule has 1 aromatic carbocycles. The summed E-state index contributed by atoms with van der Waals surface area (Å²) in [6, 6.07) is 10.0. The van der Waals surface area contributed by atoms with Crippen molar-refractivity contribution in [2.45, 2.75) is 6.04 Å². The smallest absolute Gasteiger partial charge is 0.286 e. The highest BCUT2D eigenvalue weighted by atomic mass is 79.9. The van der Waals surface area contributed by atoms with E-state index >= 15 is 0 Å². The maximum atomic E-state index is 12.9. The number of aromatic nitrogens is 1. The molecule has 150 valence electrons. The predicted octanol–water partition coefficient (Wildman–Crippen LogP) is 1.02. The highest BCUT2D eigenvalue weighted by molar-refractivity contribution is 9.10. The van der Waals surface area contributed by atoms with Crippen LogP contribution in [0, 0.1) is 0 Å². The van der Waals surface area contributed by atoms with Gasteiger partial charge in [0.2, 0.25) is 0 Å². The highest BCUT2D eigenvalue weighted by Crippen LogP contribution is 2.23. The average molecular weight is 469 g/mol. The van der Waals surface area contributed by atoms with Crippen molar-refractivity contribution in [3.05, 3.63) is 58.3 Å². The topological polar surface area (TPSA) is 101 Å². The van der Waals surface area contributed by atoms with Crippen LogP contribution in [-0.2, 0) is 21.7 Å². The molecule has 8 nitrogen and oxygen atoms in total. The number of hydrazine groups is 1. The van der Waals surface area contributed by atoms with Crippen LogP contribution in [0.5, 0.6) is 0 Å². The van der Waals surface area contributed by atoms with Crippen LogP contribution in [0.15, 0.2) is 47.1 Å². The predicted molar refractivity (Wildman–Crippen MR) is 108 cm³/mol. The van der Waals surface area contributed by atoms with Gasteiger partial charge in [0.1, 0.15) is 11.7 Å². The fourth-order valence-corrected chi connectivity index (χ4v) is 4.90. The molecular formula is C18H21BrN4O4S. The molecule has 1 fully saturated rings. The first-order valence-electron chi connectivity index (χ1n) is 8.68. The number of nitrogens with one attached hydrogen (secondary N) is 2. The summed E-state index contributed by atoms with van der Waals surface area (Å²) in [6.07, 6.45) is 1.73. The van der Waals surface area contributed by atoms with Gasteiger partial charge >= 0.3 is 0 Å². The second-order valence-corrected chi connectivity index (χ2v) is 9.82. The number of hydrogen-bond acceptors (Lipinski definition) is 5. The maximum Gasteiger partial charge on any atom is 0.286 e. The quantitative estimate of drug-likeness (QED) is 0.652. The number of amides is 2. The molecular weight excluding hydrogens is 448 g/mol. The zero-order valence-electron chi connectivity index (χ0n) is 15.3. The van der Waals surface area contributed by atoms with Gasteiger partial charge in [-0.25, -0.2) is 8.42 Å². The Hall–Kier alpha value is -2.17. The molecule has 1 saturated heterocycles. The van der Waals surface area contributed by atoms with E-state index in [9.17, 15) is 18.0 Å². The van der Waals surface area contributed by atoms with E-state index in [-0.39, 0.29) is 24.6 Å². The summed E-state index contributed by atoms with van der Waals surface area (Å²) in [5, 5.41) is 0. The fourth-order valence-electron chi connectivity index (χ4n) is 3.15. The van der Waals surface area contributed by atoms with Crippen molar-refractivity contribution >= 4 is 37.6 Å². The number of sulfone groups is 1. The number of rotatable bonds is 4. The van der Waals surface area contributed by atoms with Gasteiger partial charge in [0.15, 0.2) is 9.84 Å². The SMILES string of the molecule is Cn1cc(Br)cc1C(=O)NNC(=O)C(c1ccccc1)N1CCS(=O)(=O)CC1. The molecule has 2 amide bonds. The summed E-state index contributed by atoms with van der Waals surface area (Å²) in [6.45, 7) is 0.516. The first-order valence-corrected chi connectivity index (χ1v) is 11.3. The van der Waals surface area contributed by atoms with Crippen LogP contribution >= 0.6 is 15.9 Å². The number of benzene rings is 1. The Labute approximate surface area is 171 Å². The molecule has 1 aliphatic heterocycles. The van der Waals surface area contributed by atoms with E-state index in [2.05, 4.69) is 26.8 Å². The normalized spacial score (nSPS) is 17.6. The van der Waals surface area contributed by atoms with Crippen molar-refractivity contribution in [3.63, 3.8) is 0 Å². The van der Waals surface area contributed by atoms with Crippen LogP contribution in [0.1, 0.15) is 22.1 Å². The number of nitrogens with zero attached hydrogens (tertiary/aromatic N) is 2. The second-order valence-electron chi connectivity index (χ2n) is 6.60. The van der Waals surface area contributed by atoms with E-state index in [0.29, 0.717) is 5.69 Å². The number of hydrogen-bond donors (Lipinski definition) is 2. The Kier molecular flexibility index (Phi) is 6.21. The van der Waals surface area contributed by atoms with Crippen molar-refractivity contribution < 1.29 is 18.0 Å². The van der Waals surface area contributed by atoms with E-state index in [4.69, 9.17) is 0 Å². The molecule has 0 saturated carbocycles. The average Bonchev–Trinajstić information content (AvgIpc) is 3.00. The Bertz CT molecular complexity index is 961. The summed E-state index contributed by atoms with van der Waals surface area (Å²) >= 11 is 3.30. The summed E-state index contributed by atoms with van der Waals surface area (Å²) in [5.74, 6) is -0.859. The fraction of sp³-hybridized carbons (Fsp3) is 0.333. The molecule has 0 radical (unpaired) electrons.